The molecular formula is C2H4BrMgNO2. The second kappa shape index (κ2) is 6.65. The van der Waals surface area contributed by atoms with Gasteiger partial charge < -0.3 is 17.0 Å². The first-order chi connectivity index (χ1) is 2.77. The summed E-state index contributed by atoms with van der Waals surface area (Å²) >= 11 is 1.61. The Bertz CT molecular complexity index is 59.7. The van der Waals surface area contributed by atoms with Crippen LogP contribution < -0.4 is 17.0 Å². The molecule has 0 rings (SSSR count). The van der Waals surface area contributed by atoms with Gasteiger partial charge in [0.05, 0.1) is 0 Å². The summed E-state index contributed by atoms with van der Waals surface area (Å²) in [4.78, 5) is 9.10. The Morgan fingerprint density at radius 1 is 1.71 bits per heavy atom. The minimum Gasteiger partial charge on any atom is -1.00 e. The summed E-state index contributed by atoms with van der Waals surface area (Å²) in [7, 11) is 0. The fourth-order valence-electron chi connectivity index (χ4n) is 0.129. The minimum atomic E-state index is -0.312. The van der Waals surface area contributed by atoms with Crippen LogP contribution in [0.5, 0.6) is 0 Å². The Hall–Kier alpha value is 0.646. The van der Waals surface area contributed by atoms with Gasteiger partial charge in [0.25, 0.3) is 0 Å². The van der Waals surface area contributed by atoms with E-state index in [1.165, 1.54) is 0 Å². The van der Waals surface area contributed by atoms with Crippen molar-refractivity contribution in [1.82, 2.24) is 0 Å². The molecule has 5 heteroatoms. The Balaban J connectivity index is 0. The van der Waals surface area contributed by atoms with Crippen molar-refractivity contribution in [2.75, 3.05) is 6.54 Å². The van der Waals surface area contributed by atoms with Gasteiger partial charge in [-0.25, -0.2) is 0 Å². The van der Waals surface area contributed by atoms with Gasteiger partial charge in [-0.2, -0.15) is 0 Å². The predicted octanol–water partition coefficient (Wildman–Crippen LogP) is -3.15. The summed E-state index contributed by atoms with van der Waals surface area (Å²) < 4.78 is 0.660. The molecule has 0 amide bonds. The molecule has 0 radical (unpaired) electrons. The van der Waals surface area contributed by atoms with Crippen molar-refractivity contribution in [2.24, 2.45) is 0 Å². The van der Waals surface area contributed by atoms with Crippen molar-refractivity contribution in [2.45, 2.75) is 4.55 Å². The molecule has 0 aromatic heterocycles. The van der Waals surface area contributed by atoms with E-state index in [1.807, 2.05) is 0 Å². The molecule has 7 heavy (non-hydrogen) atoms. The fourth-order valence-corrected chi connectivity index (χ4v) is 0.387. The summed E-state index contributed by atoms with van der Waals surface area (Å²) in [6, 6.07) is 0. The topological polar surface area (TPSA) is 43.1 Å². The van der Waals surface area contributed by atoms with E-state index >= 15 is 0 Å². The molecule has 0 unspecified atom stereocenters. The summed E-state index contributed by atoms with van der Waals surface area (Å²) in [5.41, 5.74) is 0. The van der Waals surface area contributed by atoms with Gasteiger partial charge in [0.1, 0.15) is 0 Å². The van der Waals surface area contributed by atoms with Crippen LogP contribution in [-0.4, -0.2) is 33.2 Å². The van der Waals surface area contributed by atoms with Crippen LogP contribution in [0.3, 0.4) is 0 Å². The predicted molar refractivity (Wildman–Crippen MR) is 22.4 cm³/mol. The zero-order chi connectivity index (χ0) is 4.99. The van der Waals surface area contributed by atoms with Crippen molar-refractivity contribution in [1.29, 1.82) is 0 Å². The number of halogens is 1. The first kappa shape index (κ1) is 10.6. The van der Waals surface area contributed by atoms with Gasteiger partial charge in [0, 0.05) is 0 Å². The molecule has 0 aliphatic heterocycles. The van der Waals surface area contributed by atoms with Crippen molar-refractivity contribution in [3.05, 3.63) is 10.1 Å². The van der Waals surface area contributed by atoms with Gasteiger partial charge in [0.15, 0.2) is 0 Å². The molecule has 0 saturated heterocycles. The normalized spacial score (nSPS) is 7.14. The van der Waals surface area contributed by atoms with E-state index in [9.17, 15) is 10.1 Å². The number of nitro groups is 1. The number of nitrogens with zero attached hydrogens (tertiary/aromatic N) is 1. The monoisotopic (exact) mass is 177 g/mol. The molecule has 3 nitrogen and oxygen atoms in total. The van der Waals surface area contributed by atoms with Crippen molar-refractivity contribution >= 4 is 21.7 Å². The third-order valence-electron chi connectivity index (χ3n) is 0.341. The average molecular weight is 178 g/mol. The van der Waals surface area contributed by atoms with Gasteiger partial charge in [-0.3, -0.25) is 0 Å². The zero-order valence-electron chi connectivity index (χ0n) is 3.76. The average Bonchev–Trinajstić information content (AvgIpc) is 1.35. The maximum Gasteiger partial charge on any atom is -1.00 e. The molecule has 0 N–H and O–H groups in total. The van der Waals surface area contributed by atoms with E-state index in [0.29, 0.717) is 4.55 Å². The molecule has 0 aromatic carbocycles. The van der Waals surface area contributed by atoms with Crippen molar-refractivity contribution in [3.8, 4) is 0 Å². The molecule has 0 bridgehead atoms. The van der Waals surface area contributed by atoms with Gasteiger partial charge in [0.2, 0.25) is 0 Å². The summed E-state index contributed by atoms with van der Waals surface area (Å²) in [6.07, 6.45) is 0. The van der Waals surface area contributed by atoms with Crippen molar-refractivity contribution < 1.29 is 21.9 Å². The third-order valence-corrected chi connectivity index (χ3v) is 0.657. The van der Waals surface area contributed by atoms with Crippen molar-refractivity contribution in [3.63, 3.8) is 0 Å². The number of hydrogen-bond donors (Lipinski definition) is 0. The fraction of sp³-hybridized carbons (Fsp3) is 1.00. The van der Waals surface area contributed by atoms with E-state index in [2.05, 4.69) is 0 Å². The van der Waals surface area contributed by atoms with E-state index in [0.717, 1.165) is 0 Å². The largest absolute Gasteiger partial charge is 1.00 e. The van der Waals surface area contributed by atoms with Crippen LogP contribution in [0.1, 0.15) is 0 Å². The van der Waals surface area contributed by atoms with E-state index < -0.39 is 0 Å². The molecule has 0 aliphatic rings. The molecule has 0 heterocycles. The van der Waals surface area contributed by atoms with Crippen LogP contribution in [0.25, 0.3) is 0 Å². The SMILES string of the molecule is O=[N+]([O-])C[CH2][Mg+].[Br-]. The smallest absolute Gasteiger partial charge is 1.00 e. The first-order valence-electron chi connectivity index (χ1n) is 1.68. The van der Waals surface area contributed by atoms with Crippen LogP contribution in [0.15, 0.2) is 0 Å². The van der Waals surface area contributed by atoms with Crippen LogP contribution in [0.4, 0.5) is 0 Å². The Kier molecular flexibility index (Phi) is 10.1. The van der Waals surface area contributed by atoms with Gasteiger partial charge in [-0.15, -0.1) is 0 Å². The summed E-state index contributed by atoms with van der Waals surface area (Å²) in [5, 5.41) is 9.41. The van der Waals surface area contributed by atoms with E-state index in [-0.39, 0.29) is 28.4 Å². The molecular weight excluding hydrogens is 174 g/mol. The first-order valence-corrected chi connectivity index (χ1v) is 2.68. The second-order valence-corrected chi connectivity index (χ2v) is 1.62. The molecule has 0 aliphatic carbocycles. The number of rotatable bonds is 2. The molecule has 0 fully saturated rings. The molecule has 0 aromatic rings. The maximum atomic E-state index is 9.41. The molecule has 0 spiro atoms. The quantitative estimate of drug-likeness (QED) is 0.255. The molecule has 0 saturated carbocycles. The molecule has 0 atom stereocenters. The van der Waals surface area contributed by atoms with Crippen LogP contribution in [-0.2, 0) is 0 Å². The second-order valence-electron chi connectivity index (χ2n) is 0.910. The third kappa shape index (κ3) is 10.8. The summed E-state index contributed by atoms with van der Waals surface area (Å²) in [6.45, 7) is 0.110. The minimum absolute atomic E-state index is 0. The Morgan fingerprint density at radius 2 is 2.14 bits per heavy atom. The Morgan fingerprint density at radius 3 is 2.14 bits per heavy atom. The summed E-state index contributed by atoms with van der Waals surface area (Å²) in [5.74, 6) is 0. The number of hydrogen-bond acceptors (Lipinski definition) is 2. The molecule has 38 valence electrons. The van der Waals surface area contributed by atoms with Crippen LogP contribution in [0, 0.1) is 10.1 Å². The van der Waals surface area contributed by atoms with Gasteiger partial charge in [-0.1, -0.05) is 0 Å². The van der Waals surface area contributed by atoms with E-state index in [1.54, 1.807) is 21.7 Å². The zero-order valence-corrected chi connectivity index (χ0v) is 6.76. The Labute approximate surface area is 64.8 Å². The van der Waals surface area contributed by atoms with E-state index in [4.69, 9.17) is 0 Å². The van der Waals surface area contributed by atoms with Crippen LogP contribution in [0.2, 0.25) is 4.55 Å². The van der Waals surface area contributed by atoms with Crippen LogP contribution >= 0.6 is 0 Å². The maximum absolute atomic E-state index is 9.41. The van der Waals surface area contributed by atoms with Gasteiger partial charge in [-0.05, 0) is 0 Å². The van der Waals surface area contributed by atoms with Gasteiger partial charge >= 0.3 is 47.8 Å². The standard InChI is InChI=1S/C2H4NO2.BrH.Mg/c1-2-3(4)5;;/h1-2H2;1H;/q;;+1/p-1.